The highest BCUT2D eigenvalue weighted by molar-refractivity contribution is 6.03. The number of fused-ring (bicyclic) bond motifs is 2. The van der Waals surface area contributed by atoms with Crippen LogP contribution in [-0.2, 0) is 16.1 Å². The van der Waals surface area contributed by atoms with Crippen molar-refractivity contribution in [3.8, 4) is 5.75 Å². The lowest BCUT2D eigenvalue weighted by Crippen LogP contribution is -2.51. The zero-order valence-corrected chi connectivity index (χ0v) is 19.3. The van der Waals surface area contributed by atoms with Gasteiger partial charge in [-0.05, 0) is 49.7 Å². The van der Waals surface area contributed by atoms with Crippen LogP contribution in [0.1, 0.15) is 26.3 Å². The Bertz CT molecular complexity index is 1190. The zero-order chi connectivity index (χ0) is 23.6. The van der Waals surface area contributed by atoms with Crippen molar-refractivity contribution in [2.45, 2.75) is 39.0 Å². The van der Waals surface area contributed by atoms with E-state index in [4.69, 9.17) is 9.47 Å². The first-order chi connectivity index (χ1) is 15.8. The summed E-state index contributed by atoms with van der Waals surface area (Å²) in [7, 11) is 1.63. The number of anilines is 2. The molecule has 0 saturated heterocycles. The molecule has 0 fully saturated rings. The van der Waals surface area contributed by atoms with Gasteiger partial charge >= 0.3 is 6.09 Å². The molecule has 3 aromatic rings. The van der Waals surface area contributed by atoms with E-state index in [0.29, 0.717) is 5.75 Å². The van der Waals surface area contributed by atoms with Gasteiger partial charge < -0.3 is 25.0 Å². The Morgan fingerprint density at radius 2 is 1.82 bits per heavy atom. The minimum Gasteiger partial charge on any atom is -0.496 e. The molecule has 1 unspecified atom stereocenters. The fourth-order valence-corrected chi connectivity index (χ4v) is 4.02. The minimum atomic E-state index is -0.798. The molecule has 1 aliphatic heterocycles. The number of carbonyl (C=O) groups excluding carboxylic acids is 2. The van der Waals surface area contributed by atoms with Gasteiger partial charge in [-0.3, -0.25) is 4.79 Å². The second-order valence-corrected chi connectivity index (χ2v) is 8.99. The molecular formula is C26H29N3O4. The fourth-order valence-electron chi connectivity index (χ4n) is 4.02. The van der Waals surface area contributed by atoms with Crippen molar-refractivity contribution in [3.63, 3.8) is 0 Å². The standard InChI is InChI=1S/C26H29N3O4/c1-26(2,3)33-25(31)28-21-15-27-20-11-7-8-12-22(20)29(24(21)30)16-19-18-10-6-5-9-17(18)13-14-23(19)32-4/h5-14,21,27H,15-16H2,1-4H3,(H,28,31). The number of ether oxygens (including phenoxy) is 2. The number of nitrogens with one attached hydrogen (secondary N) is 2. The Balaban J connectivity index is 1.73. The summed E-state index contributed by atoms with van der Waals surface area (Å²) in [5, 5.41) is 8.10. The molecular weight excluding hydrogens is 418 g/mol. The predicted molar refractivity (Wildman–Crippen MR) is 130 cm³/mol. The highest BCUT2D eigenvalue weighted by Gasteiger charge is 2.33. The summed E-state index contributed by atoms with van der Waals surface area (Å²) < 4.78 is 11.0. The van der Waals surface area contributed by atoms with Crippen LogP contribution in [0, 0.1) is 0 Å². The van der Waals surface area contributed by atoms with E-state index < -0.39 is 17.7 Å². The summed E-state index contributed by atoms with van der Waals surface area (Å²) in [4.78, 5) is 27.9. The fraction of sp³-hybridized carbons (Fsp3) is 0.308. The van der Waals surface area contributed by atoms with Gasteiger partial charge in [0.25, 0.3) is 5.91 Å². The maximum atomic E-state index is 13.7. The molecule has 1 aliphatic rings. The summed E-state index contributed by atoms with van der Waals surface area (Å²) >= 11 is 0. The lowest BCUT2D eigenvalue weighted by molar-refractivity contribution is -0.120. The van der Waals surface area contributed by atoms with Gasteiger partial charge in [-0.15, -0.1) is 0 Å². The second-order valence-electron chi connectivity index (χ2n) is 8.99. The topological polar surface area (TPSA) is 79.9 Å². The van der Waals surface area contributed by atoms with Crippen LogP contribution in [0.3, 0.4) is 0 Å². The van der Waals surface area contributed by atoms with E-state index in [1.807, 2.05) is 60.7 Å². The van der Waals surface area contributed by atoms with E-state index in [2.05, 4.69) is 10.6 Å². The van der Waals surface area contributed by atoms with Gasteiger partial charge in [0.1, 0.15) is 17.4 Å². The Morgan fingerprint density at radius 3 is 2.58 bits per heavy atom. The first kappa shape index (κ1) is 22.5. The molecule has 7 nitrogen and oxygen atoms in total. The van der Waals surface area contributed by atoms with E-state index >= 15 is 0 Å². The summed E-state index contributed by atoms with van der Waals surface area (Å²) in [6.07, 6.45) is -0.628. The lowest BCUT2D eigenvalue weighted by atomic mass is 10.0. The van der Waals surface area contributed by atoms with Crippen LogP contribution in [0.5, 0.6) is 5.75 Å². The third-order valence-electron chi connectivity index (χ3n) is 5.48. The number of hydrogen-bond acceptors (Lipinski definition) is 5. The first-order valence-corrected chi connectivity index (χ1v) is 11.0. The molecule has 0 aromatic heterocycles. The molecule has 0 spiro atoms. The Kier molecular flexibility index (Phi) is 6.14. The van der Waals surface area contributed by atoms with Gasteiger partial charge in [-0.2, -0.15) is 0 Å². The monoisotopic (exact) mass is 447 g/mol. The van der Waals surface area contributed by atoms with Crippen molar-refractivity contribution >= 4 is 34.1 Å². The summed E-state index contributed by atoms with van der Waals surface area (Å²) in [6, 6.07) is 18.8. The van der Waals surface area contributed by atoms with Crippen molar-refractivity contribution < 1.29 is 19.1 Å². The van der Waals surface area contributed by atoms with Crippen LogP contribution in [0.4, 0.5) is 16.2 Å². The van der Waals surface area contributed by atoms with Crippen molar-refractivity contribution in [3.05, 3.63) is 66.2 Å². The summed E-state index contributed by atoms with van der Waals surface area (Å²) in [6.45, 7) is 5.89. The molecule has 1 atom stereocenters. The van der Waals surface area contributed by atoms with E-state index in [1.54, 1.807) is 32.8 Å². The van der Waals surface area contributed by atoms with Crippen molar-refractivity contribution in [1.82, 2.24) is 5.32 Å². The van der Waals surface area contributed by atoms with E-state index in [9.17, 15) is 9.59 Å². The number of rotatable bonds is 4. The Morgan fingerprint density at radius 1 is 1.09 bits per heavy atom. The van der Waals surface area contributed by atoms with Crippen LogP contribution in [0.15, 0.2) is 60.7 Å². The van der Waals surface area contributed by atoms with Gasteiger partial charge in [0, 0.05) is 12.1 Å². The minimum absolute atomic E-state index is 0.228. The SMILES string of the molecule is COc1ccc2ccccc2c1CN1C(=O)C(NC(=O)OC(C)(C)C)CNc2ccccc21. The van der Waals surface area contributed by atoms with Crippen molar-refractivity contribution in [2.75, 3.05) is 23.9 Å². The van der Waals surface area contributed by atoms with E-state index in [0.717, 1.165) is 27.7 Å². The van der Waals surface area contributed by atoms with Gasteiger partial charge in [0.2, 0.25) is 0 Å². The van der Waals surface area contributed by atoms with Gasteiger partial charge in [0.15, 0.2) is 0 Å². The lowest BCUT2D eigenvalue weighted by Gasteiger charge is -2.27. The van der Waals surface area contributed by atoms with Crippen molar-refractivity contribution in [1.29, 1.82) is 0 Å². The van der Waals surface area contributed by atoms with Crippen LogP contribution >= 0.6 is 0 Å². The largest absolute Gasteiger partial charge is 0.496 e. The first-order valence-electron chi connectivity index (χ1n) is 11.0. The van der Waals surface area contributed by atoms with Gasteiger partial charge in [0.05, 0.1) is 25.0 Å². The molecule has 2 N–H and O–H groups in total. The van der Waals surface area contributed by atoms with Crippen LogP contribution in [0.25, 0.3) is 10.8 Å². The van der Waals surface area contributed by atoms with Crippen LogP contribution in [-0.4, -0.2) is 37.3 Å². The molecule has 4 rings (SSSR count). The maximum absolute atomic E-state index is 13.7. The number of hydrogen-bond donors (Lipinski definition) is 2. The molecule has 0 radical (unpaired) electrons. The van der Waals surface area contributed by atoms with Crippen LogP contribution in [0.2, 0.25) is 0 Å². The number of carbonyl (C=O) groups is 2. The number of methoxy groups -OCH3 is 1. The molecule has 3 aromatic carbocycles. The highest BCUT2D eigenvalue weighted by atomic mass is 16.6. The molecule has 172 valence electrons. The summed E-state index contributed by atoms with van der Waals surface area (Å²) in [5.74, 6) is 0.473. The number of amides is 2. The molecule has 1 heterocycles. The number of benzene rings is 3. The predicted octanol–water partition coefficient (Wildman–Crippen LogP) is 4.70. The molecule has 7 heteroatoms. The second kappa shape index (κ2) is 9.02. The molecule has 0 aliphatic carbocycles. The third-order valence-corrected chi connectivity index (χ3v) is 5.48. The quantitative estimate of drug-likeness (QED) is 0.606. The number of alkyl carbamates (subject to hydrolysis) is 1. The molecule has 0 bridgehead atoms. The number of para-hydroxylation sites is 2. The third kappa shape index (κ3) is 4.87. The summed E-state index contributed by atoms with van der Waals surface area (Å²) in [5.41, 5.74) is 1.80. The van der Waals surface area contributed by atoms with Gasteiger partial charge in [-0.1, -0.05) is 42.5 Å². The smallest absolute Gasteiger partial charge is 0.408 e. The molecule has 33 heavy (non-hydrogen) atoms. The van der Waals surface area contributed by atoms with E-state index in [1.165, 1.54) is 0 Å². The number of nitrogens with zero attached hydrogens (tertiary/aromatic N) is 1. The van der Waals surface area contributed by atoms with Crippen molar-refractivity contribution in [2.24, 2.45) is 0 Å². The molecule has 2 amide bonds. The Hall–Kier alpha value is -3.74. The normalized spacial score (nSPS) is 15.9. The maximum Gasteiger partial charge on any atom is 0.408 e. The van der Waals surface area contributed by atoms with Crippen LogP contribution < -0.4 is 20.3 Å². The van der Waals surface area contributed by atoms with E-state index in [-0.39, 0.29) is 19.0 Å². The Labute approximate surface area is 193 Å². The average molecular weight is 448 g/mol. The molecule has 0 saturated carbocycles. The zero-order valence-electron chi connectivity index (χ0n) is 19.3. The van der Waals surface area contributed by atoms with Gasteiger partial charge in [-0.25, -0.2) is 4.79 Å². The highest BCUT2D eigenvalue weighted by Crippen LogP contribution is 2.34. The average Bonchev–Trinajstić information content (AvgIpc) is 2.90.